The first-order valence-corrected chi connectivity index (χ1v) is 20.8. The number of aromatic nitrogens is 2. The van der Waals surface area contributed by atoms with Crippen LogP contribution in [0.1, 0.15) is 33.4 Å². The quantitative estimate of drug-likeness (QED) is 0.142. The van der Waals surface area contributed by atoms with E-state index in [1.165, 1.54) is 55.6 Å². The molecule has 1 aliphatic heterocycles. The topological polar surface area (TPSA) is 33.5 Å². The molecule has 7 aromatic carbocycles. The number of hydrogen-bond acceptors (Lipinski definition) is 4. The molecule has 2 aromatic heterocycles. The van der Waals surface area contributed by atoms with Crippen LogP contribution in [0.25, 0.3) is 61.0 Å². The van der Waals surface area contributed by atoms with Crippen molar-refractivity contribution in [3.05, 3.63) is 210 Å². The third-order valence-corrected chi connectivity index (χ3v) is 11.7. The van der Waals surface area contributed by atoms with Crippen molar-refractivity contribution in [2.75, 3.05) is 9.80 Å². The van der Waals surface area contributed by atoms with Gasteiger partial charge in [-0.3, -0.25) is 0 Å². The van der Waals surface area contributed by atoms with Crippen LogP contribution < -0.4 is 14.5 Å². The minimum Gasteiger partial charge on any atom is -0.509 e. The SMILES string of the molecule is Cc1cc(C)c(-c2ccnc(-n3c4[c-]c(Oc5[c-]c(N6C=CN(c7ccccc7-c7ccccc7)[CH-]6)ccc5)ccc4c4cc(-c5c(C)cc(C)cc5C)ccc43)c2)c(C)c1.[Pt]. The van der Waals surface area contributed by atoms with Crippen molar-refractivity contribution in [2.24, 2.45) is 0 Å². The third-order valence-electron chi connectivity index (χ3n) is 11.7. The van der Waals surface area contributed by atoms with Crippen molar-refractivity contribution >= 4 is 33.2 Å². The number of para-hydroxylation sites is 1. The summed E-state index contributed by atoms with van der Waals surface area (Å²) in [7, 11) is 0. The van der Waals surface area contributed by atoms with Gasteiger partial charge in [-0.2, -0.15) is 12.1 Å². The Morgan fingerprint density at radius 1 is 0.532 bits per heavy atom. The molecule has 0 saturated carbocycles. The summed E-state index contributed by atoms with van der Waals surface area (Å²) in [6.07, 6.45) is 6.03. The summed E-state index contributed by atoms with van der Waals surface area (Å²) in [5.41, 5.74) is 18.6. The summed E-state index contributed by atoms with van der Waals surface area (Å²) in [5.74, 6) is 2.01. The van der Waals surface area contributed by atoms with Gasteiger partial charge in [0.05, 0.1) is 0 Å². The third kappa shape index (κ3) is 7.52. The number of pyridine rings is 1. The maximum atomic E-state index is 6.61. The first-order chi connectivity index (χ1) is 29.7. The molecule has 0 unspecified atom stereocenters. The van der Waals surface area contributed by atoms with E-state index in [2.05, 4.69) is 190 Å². The van der Waals surface area contributed by atoms with E-state index >= 15 is 0 Å². The van der Waals surface area contributed by atoms with Gasteiger partial charge in [0.15, 0.2) is 0 Å². The Morgan fingerprint density at radius 2 is 1.18 bits per heavy atom. The first-order valence-electron chi connectivity index (χ1n) is 20.8. The van der Waals surface area contributed by atoms with E-state index in [9.17, 15) is 0 Å². The maximum absolute atomic E-state index is 6.61. The average Bonchev–Trinajstić information content (AvgIpc) is 3.87. The van der Waals surface area contributed by atoms with Crippen LogP contribution in [0, 0.1) is 60.3 Å². The van der Waals surface area contributed by atoms with Crippen LogP contribution in [-0.4, -0.2) is 9.55 Å². The van der Waals surface area contributed by atoms with Crippen LogP contribution in [0.5, 0.6) is 11.5 Å². The van der Waals surface area contributed by atoms with Crippen LogP contribution in [0.15, 0.2) is 158 Å². The molecule has 0 N–H and O–H groups in total. The molecule has 0 fully saturated rings. The van der Waals surface area contributed by atoms with Gasteiger partial charge >= 0.3 is 0 Å². The fourth-order valence-corrected chi connectivity index (χ4v) is 9.31. The molecule has 6 heteroatoms. The summed E-state index contributed by atoms with van der Waals surface area (Å²) in [6.45, 7) is 15.2. The summed E-state index contributed by atoms with van der Waals surface area (Å²) in [5, 5.41) is 2.21. The van der Waals surface area contributed by atoms with Gasteiger partial charge in [0, 0.05) is 55.5 Å². The molecule has 1 aliphatic rings. The Balaban J connectivity index is 0.00000490. The minimum atomic E-state index is 0. The van der Waals surface area contributed by atoms with Crippen molar-refractivity contribution in [2.45, 2.75) is 41.5 Å². The average molecular weight is 985 g/mol. The fourth-order valence-electron chi connectivity index (χ4n) is 9.31. The van der Waals surface area contributed by atoms with Crippen LogP contribution in [-0.2, 0) is 21.1 Å². The van der Waals surface area contributed by atoms with Gasteiger partial charge in [-0.1, -0.05) is 102 Å². The molecule has 5 nitrogen and oxygen atoms in total. The zero-order valence-electron chi connectivity index (χ0n) is 35.6. The fraction of sp³-hybridized carbons (Fsp3) is 0.107. The van der Waals surface area contributed by atoms with E-state index in [1.54, 1.807) is 0 Å². The molecule has 0 aliphatic carbocycles. The van der Waals surface area contributed by atoms with Crippen molar-refractivity contribution in [3.8, 4) is 50.7 Å². The molecule has 62 heavy (non-hydrogen) atoms. The molecule has 10 rings (SSSR count). The Labute approximate surface area is 378 Å². The van der Waals surface area contributed by atoms with E-state index in [-0.39, 0.29) is 21.1 Å². The van der Waals surface area contributed by atoms with Crippen molar-refractivity contribution in [1.29, 1.82) is 0 Å². The predicted molar refractivity (Wildman–Crippen MR) is 252 cm³/mol. The van der Waals surface area contributed by atoms with E-state index in [0.717, 1.165) is 50.1 Å². The number of hydrogen-bond donors (Lipinski definition) is 0. The second-order valence-corrected chi connectivity index (χ2v) is 16.2. The Morgan fingerprint density at radius 3 is 1.90 bits per heavy atom. The Hall–Kier alpha value is -6.68. The molecular formula is C56H45N4OPt-3. The van der Waals surface area contributed by atoms with Crippen LogP contribution in [0.4, 0.5) is 11.4 Å². The van der Waals surface area contributed by atoms with Gasteiger partial charge in [0.1, 0.15) is 5.82 Å². The van der Waals surface area contributed by atoms with Crippen molar-refractivity contribution in [3.63, 3.8) is 0 Å². The molecule has 0 atom stereocenters. The van der Waals surface area contributed by atoms with Crippen LogP contribution >= 0.6 is 0 Å². The predicted octanol–water partition coefficient (Wildman–Crippen LogP) is 14.3. The molecule has 3 heterocycles. The summed E-state index contributed by atoms with van der Waals surface area (Å²) >= 11 is 0. The Bertz CT molecular complexity index is 3140. The monoisotopic (exact) mass is 984 g/mol. The van der Waals surface area contributed by atoms with Gasteiger partial charge in [-0.15, -0.1) is 48.1 Å². The second-order valence-electron chi connectivity index (χ2n) is 16.2. The zero-order valence-corrected chi connectivity index (χ0v) is 37.9. The van der Waals surface area contributed by atoms with Gasteiger partial charge in [0.25, 0.3) is 0 Å². The smallest absolute Gasteiger partial charge is 0.136 e. The van der Waals surface area contributed by atoms with Gasteiger partial charge in [-0.05, 0) is 134 Å². The molecule has 308 valence electrons. The standard InChI is InChI=1S/C56H45N4O.Pt/c1-36-27-38(3)55(39(4)28-36)43-19-22-52-50(31-43)49-21-20-47(34-53(49)60(52)54-32-44(23-24-57-54)56-40(5)29-37(2)30-41(56)6)61-46-16-12-15-45(33-46)58-25-26-59(35-58)51-18-11-10-17-48(51)42-13-8-7-9-14-42;/h7-32,35H,1-6H3;/q-3;. The summed E-state index contributed by atoms with van der Waals surface area (Å²) < 4.78 is 8.84. The zero-order chi connectivity index (χ0) is 41.8. The van der Waals surface area contributed by atoms with E-state index in [0.29, 0.717) is 11.5 Å². The largest absolute Gasteiger partial charge is 0.509 e. The maximum Gasteiger partial charge on any atom is 0.136 e. The molecule has 0 saturated heterocycles. The minimum absolute atomic E-state index is 0. The van der Waals surface area contributed by atoms with Gasteiger partial charge in [0.2, 0.25) is 0 Å². The molecule has 0 bridgehead atoms. The van der Waals surface area contributed by atoms with E-state index in [4.69, 9.17) is 9.72 Å². The number of nitrogens with zero attached hydrogens (tertiary/aromatic N) is 4. The molecular weight excluding hydrogens is 940 g/mol. The molecule has 0 radical (unpaired) electrons. The molecule has 9 aromatic rings. The molecule has 0 amide bonds. The number of anilines is 2. The number of ether oxygens (including phenoxy) is 1. The van der Waals surface area contributed by atoms with E-state index in [1.807, 2.05) is 42.7 Å². The van der Waals surface area contributed by atoms with Crippen molar-refractivity contribution < 1.29 is 25.8 Å². The van der Waals surface area contributed by atoms with Gasteiger partial charge < -0.3 is 19.1 Å². The normalized spacial score (nSPS) is 12.4. The Kier molecular flexibility index (Phi) is 10.9. The summed E-state index contributed by atoms with van der Waals surface area (Å²) in [4.78, 5) is 9.20. The number of aryl methyl sites for hydroxylation is 6. The van der Waals surface area contributed by atoms with E-state index < -0.39 is 0 Å². The first kappa shape index (κ1) is 40.7. The summed E-state index contributed by atoms with van der Waals surface area (Å²) in [6, 6.07) is 56.4. The van der Waals surface area contributed by atoms with Crippen LogP contribution in [0.3, 0.4) is 0 Å². The van der Waals surface area contributed by atoms with Crippen molar-refractivity contribution in [1.82, 2.24) is 9.55 Å². The van der Waals surface area contributed by atoms with Gasteiger partial charge in [-0.25, -0.2) is 4.98 Å². The second kappa shape index (κ2) is 16.6. The number of rotatable bonds is 8. The number of fused-ring (bicyclic) bond motifs is 3. The molecule has 0 spiro atoms. The van der Waals surface area contributed by atoms with Crippen LogP contribution in [0.2, 0.25) is 0 Å². The number of benzene rings is 7.